The molecule has 0 radical (unpaired) electrons. The van der Waals surface area contributed by atoms with Crippen molar-refractivity contribution in [3.05, 3.63) is 0 Å². The predicted octanol–water partition coefficient (Wildman–Crippen LogP) is -0.0790. The van der Waals surface area contributed by atoms with Crippen LogP contribution in [0.25, 0.3) is 0 Å². The maximum absolute atomic E-state index is 11.4. The summed E-state index contributed by atoms with van der Waals surface area (Å²) in [6.45, 7) is 6.85. The lowest BCUT2D eigenvalue weighted by Gasteiger charge is -2.20. The number of hydrogen-bond donors (Lipinski definition) is 4. The zero-order chi connectivity index (χ0) is 14.3. The van der Waals surface area contributed by atoms with Gasteiger partial charge < -0.3 is 21.1 Å². The largest absolute Gasteiger partial charge is 0.481 e. The van der Waals surface area contributed by atoms with E-state index < -0.39 is 17.9 Å². The van der Waals surface area contributed by atoms with Crippen LogP contribution in [0.5, 0.6) is 0 Å². The Bertz CT molecular complexity index is 323. The van der Waals surface area contributed by atoms with Gasteiger partial charge >= 0.3 is 12.0 Å². The number of hydrogen-bond acceptors (Lipinski definition) is 3. The van der Waals surface area contributed by atoms with Gasteiger partial charge in [-0.25, -0.2) is 4.79 Å². The Labute approximate surface area is 106 Å². The molecule has 0 saturated carbocycles. The first-order valence-electron chi connectivity index (χ1n) is 5.67. The molecule has 3 amide bonds. The van der Waals surface area contributed by atoms with Crippen molar-refractivity contribution in [2.24, 2.45) is 5.92 Å². The second-order valence-electron chi connectivity index (χ2n) is 5.10. The fraction of sp³-hybridized carbons (Fsp3) is 0.727. The second-order valence-corrected chi connectivity index (χ2v) is 5.10. The van der Waals surface area contributed by atoms with Gasteiger partial charge in [-0.05, 0) is 20.8 Å². The van der Waals surface area contributed by atoms with Gasteiger partial charge in [0.15, 0.2) is 0 Å². The van der Waals surface area contributed by atoms with E-state index in [9.17, 15) is 14.4 Å². The molecule has 4 N–H and O–H groups in total. The van der Waals surface area contributed by atoms with Crippen molar-refractivity contribution < 1.29 is 19.5 Å². The van der Waals surface area contributed by atoms with E-state index in [1.807, 2.05) is 20.8 Å². The Kier molecular flexibility index (Phi) is 6.15. The van der Waals surface area contributed by atoms with Crippen LogP contribution in [0, 0.1) is 5.92 Å². The first kappa shape index (κ1) is 16.2. The molecule has 104 valence electrons. The van der Waals surface area contributed by atoms with Crippen LogP contribution in [0.4, 0.5) is 4.79 Å². The first-order chi connectivity index (χ1) is 8.11. The summed E-state index contributed by atoms with van der Waals surface area (Å²) < 4.78 is 0. The van der Waals surface area contributed by atoms with Gasteiger partial charge in [0, 0.05) is 12.1 Å². The van der Waals surface area contributed by atoms with Crippen LogP contribution in [-0.2, 0) is 9.59 Å². The molecular weight excluding hydrogens is 238 g/mol. The fourth-order valence-corrected chi connectivity index (χ4v) is 1.02. The Morgan fingerprint density at radius 2 is 1.72 bits per heavy atom. The molecule has 0 aromatic heterocycles. The van der Waals surface area contributed by atoms with Gasteiger partial charge in [0.25, 0.3) is 0 Å². The van der Waals surface area contributed by atoms with Gasteiger partial charge in [-0.2, -0.15) is 0 Å². The number of rotatable bonds is 5. The number of nitrogens with one attached hydrogen (secondary N) is 3. The minimum Gasteiger partial charge on any atom is -0.481 e. The average Bonchev–Trinajstić information content (AvgIpc) is 2.20. The van der Waals surface area contributed by atoms with E-state index in [1.165, 1.54) is 6.92 Å². The lowest BCUT2D eigenvalue weighted by molar-refractivity contribution is -0.140. The number of amides is 3. The van der Waals surface area contributed by atoms with Gasteiger partial charge in [0.1, 0.15) is 0 Å². The van der Waals surface area contributed by atoms with Crippen LogP contribution < -0.4 is 16.0 Å². The van der Waals surface area contributed by atoms with E-state index in [2.05, 4.69) is 16.0 Å². The molecule has 0 fully saturated rings. The number of carboxylic acids is 1. The van der Waals surface area contributed by atoms with E-state index >= 15 is 0 Å². The highest BCUT2D eigenvalue weighted by molar-refractivity contribution is 5.84. The van der Waals surface area contributed by atoms with Crippen molar-refractivity contribution in [2.75, 3.05) is 13.1 Å². The maximum Gasteiger partial charge on any atom is 0.315 e. The summed E-state index contributed by atoms with van der Waals surface area (Å²) in [7, 11) is 0. The molecule has 0 spiro atoms. The van der Waals surface area contributed by atoms with E-state index in [0.29, 0.717) is 0 Å². The molecule has 1 atom stereocenters. The smallest absolute Gasteiger partial charge is 0.315 e. The van der Waals surface area contributed by atoms with E-state index in [-0.39, 0.29) is 24.5 Å². The number of aliphatic carboxylic acids is 1. The molecule has 1 unspecified atom stereocenters. The van der Waals surface area contributed by atoms with Gasteiger partial charge in [-0.3, -0.25) is 9.59 Å². The number of carbonyl (C=O) groups is 3. The van der Waals surface area contributed by atoms with Crippen LogP contribution in [0.3, 0.4) is 0 Å². The summed E-state index contributed by atoms with van der Waals surface area (Å²) in [5.41, 5.74) is -0.354. The molecule has 18 heavy (non-hydrogen) atoms. The highest BCUT2D eigenvalue weighted by Crippen LogP contribution is 1.97. The SMILES string of the molecule is CC(CNC(=O)NCC(=O)NC(C)(C)C)C(=O)O. The van der Waals surface area contributed by atoms with E-state index in [0.717, 1.165) is 0 Å². The average molecular weight is 259 g/mol. The van der Waals surface area contributed by atoms with Gasteiger partial charge in [-0.1, -0.05) is 6.92 Å². The summed E-state index contributed by atoms with van der Waals surface area (Å²) >= 11 is 0. The summed E-state index contributed by atoms with van der Waals surface area (Å²) in [4.78, 5) is 33.1. The molecule has 7 nitrogen and oxygen atoms in total. The highest BCUT2D eigenvalue weighted by Gasteiger charge is 2.15. The molecule has 0 saturated heterocycles. The molecular formula is C11H21N3O4. The minimum atomic E-state index is -0.985. The molecule has 0 heterocycles. The summed E-state index contributed by atoms with van der Waals surface area (Å²) in [6, 6.07) is -0.563. The quantitative estimate of drug-likeness (QED) is 0.554. The second kappa shape index (κ2) is 6.83. The summed E-state index contributed by atoms with van der Waals surface area (Å²) in [5, 5.41) is 16.0. The zero-order valence-electron chi connectivity index (χ0n) is 11.2. The van der Waals surface area contributed by atoms with Crippen LogP contribution in [0.2, 0.25) is 0 Å². The number of carbonyl (C=O) groups excluding carboxylic acids is 2. The predicted molar refractivity (Wildman–Crippen MR) is 66.1 cm³/mol. The van der Waals surface area contributed by atoms with E-state index in [1.54, 1.807) is 0 Å². The van der Waals surface area contributed by atoms with Crippen molar-refractivity contribution in [1.29, 1.82) is 0 Å². The Hall–Kier alpha value is -1.79. The Morgan fingerprint density at radius 3 is 2.17 bits per heavy atom. The third kappa shape index (κ3) is 8.37. The molecule has 0 aromatic carbocycles. The zero-order valence-corrected chi connectivity index (χ0v) is 11.2. The lowest BCUT2D eigenvalue weighted by Crippen LogP contribution is -2.48. The van der Waals surface area contributed by atoms with Crippen molar-refractivity contribution in [1.82, 2.24) is 16.0 Å². The van der Waals surface area contributed by atoms with Crippen molar-refractivity contribution in [3.8, 4) is 0 Å². The minimum absolute atomic E-state index is 0.0159. The third-order valence-corrected chi connectivity index (χ3v) is 1.91. The lowest BCUT2D eigenvalue weighted by atomic mass is 10.1. The standard InChI is InChI=1S/C11H21N3O4/c1-7(9(16)17)5-12-10(18)13-6-8(15)14-11(2,3)4/h7H,5-6H2,1-4H3,(H,14,15)(H,16,17)(H2,12,13,18). The summed E-state index contributed by atoms with van der Waals surface area (Å²) in [5.74, 6) is -1.95. The Morgan fingerprint density at radius 1 is 1.17 bits per heavy atom. The molecule has 7 heteroatoms. The van der Waals surface area contributed by atoms with Gasteiger partial charge in [-0.15, -0.1) is 0 Å². The molecule has 0 aliphatic rings. The van der Waals surface area contributed by atoms with Gasteiger partial charge in [0.05, 0.1) is 12.5 Å². The van der Waals surface area contributed by atoms with Crippen molar-refractivity contribution in [3.63, 3.8) is 0 Å². The van der Waals surface area contributed by atoms with E-state index in [4.69, 9.17) is 5.11 Å². The molecule has 0 rings (SSSR count). The fourth-order valence-electron chi connectivity index (χ4n) is 1.02. The number of carboxylic acid groups (broad SMARTS) is 1. The molecule has 0 bridgehead atoms. The maximum atomic E-state index is 11.4. The van der Waals surface area contributed by atoms with Gasteiger partial charge in [0.2, 0.25) is 5.91 Å². The Balaban J connectivity index is 3.84. The number of urea groups is 1. The topological polar surface area (TPSA) is 108 Å². The first-order valence-corrected chi connectivity index (χ1v) is 5.67. The van der Waals surface area contributed by atoms with Crippen LogP contribution in [-0.4, -0.2) is 41.6 Å². The van der Waals surface area contributed by atoms with Crippen LogP contribution >= 0.6 is 0 Å². The highest BCUT2D eigenvalue weighted by atomic mass is 16.4. The molecule has 0 aliphatic carbocycles. The monoisotopic (exact) mass is 259 g/mol. The molecule has 0 aromatic rings. The summed E-state index contributed by atoms with van der Waals surface area (Å²) in [6.07, 6.45) is 0. The van der Waals surface area contributed by atoms with Crippen molar-refractivity contribution >= 4 is 17.9 Å². The van der Waals surface area contributed by atoms with Crippen LogP contribution in [0.1, 0.15) is 27.7 Å². The molecule has 0 aliphatic heterocycles. The van der Waals surface area contributed by atoms with Crippen molar-refractivity contribution in [2.45, 2.75) is 33.2 Å². The normalized spacial score (nSPS) is 12.4. The third-order valence-electron chi connectivity index (χ3n) is 1.91. The van der Waals surface area contributed by atoms with Crippen LogP contribution in [0.15, 0.2) is 0 Å².